The summed E-state index contributed by atoms with van der Waals surface area (Å²) in [6.07, 6.45) is 7.12. The molecule has 0 saturated carbocycles. The molecular weight excluding hydrogens is 415 g/mol. The molecule has 1 N–H and O–H groups in total. The van der Waals surface area contributed by atoms with Crippen LogP contribution in [0.4, 0.5) is 0 Å². The van der Waals surface area contributed by atoms with Crippen LogP contribution in [-0.4, -0.2) is 77.1 Å². The number of rotatable bonds is 7. The van der Waals surface area contributed by atoms with Crippen LogP contribution in [-0.2, 0) is 20.7 Å². The van der Waals surface area contributed by atoms with Gasteiger partial charge >= 0.3 is 5.97 Å². The van der Waals surface area contributed by atoms with E-state index in [1.54, 1.807) is 24.3 Å². The van der Waals surface area contributed by atoms with Crippen molar-refractivity contribution in [2.45, 2.75) is 17.4 Å². The molecule has 0 aromatic heterocycles. The van der Waals surface area contributed by atoms with E-state index in [0.29, 0.717) is 44.2 Å². The van der Waals surface area contributed by atoms with Crippen LogP contribution in [0.1, 0.15) is 5.56 Å². The summed E-state index contributed by atoms with van der Waals surface area (Å²) in [6, 6.07) is 7.32. The molecule has 1 saturated heterocycles. The van der Waals surface area contributed by atoms with Gasteiger partial charge in [0.15, 0.2) is 0 Å². The van der Waals surface area contributed by atoms with Crippen LogP contribution >= 0.6 is 23.2 Å². The highest BCUT2D eigenvalue weighted by atomic mass is 35.5. The highest BCUT2D eigenvalue weighted by Crippen LogP contribution is 2.30. The van der Waals surface area contributed by atoms with Crippen LogP contribution < -0.4 is 0 Å². The summed E-state index contributed by atoms with van der Waals surface area (Å²) in [4.78, 5) is 26.6. The lowest BCUT2D eigenvalue weighted by molar-refractivity contribution is -0.143. The molecule has 0 radical (unpaired) electrons. The van der Waals surface area contributed by atoms with E-state index in [-0.39, 0.29) is 5.91 Å². The lowest BCUT2D eigenvalue weighted by Gasteiger charge is -2.41. The maximum Gasteiger partial charge on any atom is 0.329 e. The Morgan fingerprint density at radius 3 is 2.48 bits per heavy atom. The van der Waals surface area contributed by atoms with Crippen molar-refractivity contribution in [2.75, 3.05) is 39.3 Å². The fourth-order valence-electron chi connectivity index (χ4n) is 3.52. The molecule has 6 nitrogen and oxygen atoms in total. The van der Waals surface area contributed by atoms with Gasteiger partial charge in [-0.2, -0.15) is 0 Å². The van der Waals surface area contributed by atoms with E-state index in [0.717, 1.165) is 5.56 Å². The molecule has 1 fully saturated rings. The Kier molecular flexibility index (Phi) is 7.35. The number of hydrogen-bond donors (Lipinski definition) is 1. The number of alkyl halides is 1. The molecule has 0 spiro atoms. The third-order valence-corrected chi connectivity index (χ3v) is 5.80. The average molecular weight is 439 g/mol. The van der Waals surface area contributed by atoms with Gasteiger partial charge in [-0.25, -0.2) is 4.79 Å². The van der Waals surface area contributed by atoms with Crippen molar-refractivity contribution in [1.29, 1.82) is 0 Å². The van der Waals surface area contributed by atoms with Gasteiger partial charge in [-0.1, -0.05) is 48.0 Å². The molecule has 2 atom stereocenters. The van der Waals surface area contributed by atoms with Gasteiger partial charge in [0.05, 0.1) is 6.42 Å². The maximum absolute atomic E-state index is 12.6. The summed E-state index contributed by atoms with van der Waals surface area (Å²) >= 11 is 12.7. The second-order valence-corrected chi connectivity index (χ2v) is 8.40. The van der Waals surface area contributed by atoms with Crippen LogP contribution in [0, 0.1) is 0 Å². The fraction of sp³-hybridized carbons (Fsp3) is 0.429. The zero-order valence-electron chi connectivity index (χ0n) is 16.0. The largest absolute Gasteiger partial charge is 0.480 e. The Hall–Kier alpha value is -1.86. The first-order chi connectivity index (χ1) is 13.9. The number of allylic oxidation sites excluding steroid dienone is 2. The topological polar surface area (TPSA) is 70.1 Å². The third kappa shape index (κ3) is 6.06. The van der Waals surface area contributed by atoms with Gasteiger partial charge in [-0.05, 0) is 17.7 Å². The Bertz CT molecular complexity index is 788. The molecule has 1 aromatic carbocycles. The quantitative estimate of drug-likeness (QED) is 0.662. The highest BCUT2D eigenvalue weighted by Gasteiger charge is 2.38. The van der Waals surface area contributed by atoms with E-state index < -0.39 is 23.6 Å². The van der Waals surface area contributed by atoms with Gasteiger partial charge in [0.25, 0.3) is 0 Å². The summed E-state index contributed by atoms with van der Waals surface area (Å²) in [5.41, 5.74) is 0.944. The minimum atomic E-state index is -1.03. The number of ether oxygens (including phenoxy) is 1. The van der Waals surface area contributed by atoms with E-state index in [1.807, 2.05) is 29.2 Å². The number of piperazine rings is 1. The van der Waals surface area contributed by atoms with Crippen molar-refractivity contribution in [3.05, 3.63) is 59.2 Å². The summed E-state index contributed by atoms with van der Waals surface area (Å²) in [5.74, 6) is -0.935. The molecule has 0 bridgehead atoms. The second-order valence-electron chi connectivity index (χ2n) is 7.26. The molecule has 1 aliphatic carbocycles. The lowest BCUT2D eigenvalue weighted by Crippen LogP contribution is -2.54. The monoisotopic (exact) mass is 438 g/mol. The van der Waals surface area contributed by atoms with Crippen molar-refractivity contribution in [1.82, 2.24) is 9.80 Å². The Morgan fingerprint density at radius 2 is 1.83 bits per heavy atom. The van der Waals surface area contributed by atoms with Gasteiger partial charge in [0.1, 0.15) is 17.6 Å². The number of carboxylic acid groups (broad SMARTS) is 1. The first-order valence-electron chi connectivity index (χ1n) is 9.49. The summed E-state index contributed by atoms with van der Waals surface area (Å²) in [5, 5.41) is 9.53. The van der Waals surface area contributed by atoms with Crippen LogP contribution in [0.5, 0.6) is 0 Å². The Labute approximate surface area is 180 Å². The summed E-state index contributed by atoms with van der Waals surface area (Å²) in [6.45, 7) is 2.76. The number of carbonyl (C=O) groups excluding carboxylic acids is 1. The number of benzene rings is 1. The molecule has 1 amide bonds. The average Bonchev–Trinajstić information content (AvgIpc) is 2.69. The van der Waals surface area contributed by atoms with Gasteiger partial charge in [0, 0.05) is 37.7 Å². The molecule has 1 heterocycles. The number of halogens is 2. The van der Waals surface area contributed by atoms with Crippen molar-refractivity contribution >= 4 is 35.1 Å². The zero-order chi connectivity index (χ0) is 20.9. The minimum absolute atomic E-state index is 0.0933. The number of hydrogen-bond acceptors (Lipinski definition) is 4. The predicted octanol–water partition coefficient (Wildman–Crippen LogP) is 2.60. The number of amides is 1. The maximum atomic E-state index is 12.6. The molecule has 29 heavy (non-hydrogen) atoms. The van der Waals surface area contributed by atoms with Crippen molar-refractivity contribution in [3.8, 4) is 0 Å². The second kappa shape index (κ2) is 9.76. The van der Waals surface area contributed by atoms with E-state index in [4.69, 9.17) is 33.0 Å². The van der Waals surface area contributed by atoms with Crippen molar-refractivity contribution < 1.29 is 19.4 Å². The van der Waals surface area contributed by atoms with E-state index in [9.17, 15) is 9.59 Å². The minimum Gasteiger partial charge on any atom is -0.480 e. The van der Waals surface area contributed by atoms with Crippen LogP contribution in [0.15, 0.2) is 48.6 Å². The standard InChI is InChI=1S/C21H24Cl2N2O4/c22-17-6-4-16(5-7-17)13-19(26)25-11-9-24(10-12-25)15-21(23)8-2-1-3-18(21)29-14-20(27)28/h1-8,18H,9-15H2,(H,27,28). The Balaban J connectivity index is 1.51. The lowest BCUT2D eigenvalue weighted by atomic mass is 9.95. The molecule has 1 aliphatic heterocycles. The van der Waals surface area contributed by atoms with Gasteiger partial charge < -0.3 is 14.7 Å². The SMILES string of the molecule is O=C(O)COC1C=CC=CC1(Cl)CN1CCN(C(=O)Cc2ccc(Cl)cc2)CC1. The fourth-order valence-corrected chi connectivity index (χ4v) is 4.02. The van der Waals surface area contributed by atoms with Gasteiger partial charge in [-0.15, -0.1) is 11.6 Å². The molecule has 8 heteroatoms. The smallest absolute Gasteiger partial charge is 0.329 e. The van der Waals surface area contributed by atoms with E-state index in [1.165, 1.54) is 0 Å². The first kappa shape index (κ1) is 21.8. The highest BCUT2D eigenvalue weighted by molar-refractivity contribution is 6.30. The molecule has 156 valence electrons. The first-order valence-corrected chi connectivity index (χ1v) is 10.2. The Morgan fingerprint density at radius 1 is 1.14 bits per heavy atom. The number of carbonyl (C=O) groups is 2. The molecular formula is C21H24Cl2N2O4. The van der Waals surface area contributed by atoms with Crippen molar-refractivity contribution in [3.63, 3.8) is 0 Å². The predicted molar refractivity (Wildman–Crippen MR) is 112 cm³/mol. The third-order valence-electron chi connectivity index (χ3n) is 5.09. The number of nitrogens with zero attached hydrogens (tertiary/aromatic N) is 2. The van der Waals surface area contributed by atoms with Gasteiger partial charge in [-0.3, -0.25) is 9.69 Å². The molecule has 3 rings (SSSR count). The summed E-state index contributed by atoms with van der Waals surface area (Å²) < 4.78 is 5.47. The molecule has 2 unspecified atom stereocenters. The molecule has 2 aliphatic rings. The normalized spacial score (nSPS) is 24.6. The van der Waals surface area contributed by atoms with Crippen LogP contribution in [0.3, 0.4) is 0 Å². The van der Waals surface area contributed by atoms with Crippen LogP contribution in [0.2, 0.25) is 5.02 Å². The van der Waals surface area contributed by atoms with Crippen LogP contribution in [0.25, 0.3) is 0 Å². The van der Waals surface area contributed by atoms with Crippen molar-refractivity contribution in [2.24, 2.45) is 0 Å². The number of aliphatic carboxylic acids is 1. The molecule has 1 aromatic rings. The van der Waals surface area contributed by atoms with Gasteiger partial charge in [0.2, 0.25) is 5.91 Å². The number of carboxylic acids is 1. The summed E-state index contributed by atoms with van der Waals surface area (Å²) in [7, 11) is 0. The van der Waals surface area contributed by atoms with E-state index >= 15 is 0 Å². The zero-order valence-corrected chi connectivity index (χ0v) is 17.5. The van der Waals surface area contributed by atoms with E-state index in [2.05, 4.69) is 4.90 Å².